The van der Waals surface area contributed by atoms with Crippen molar-refractivity contribution in [1.29, 1.82) is 0 Å². The largest absolute Gasteiger partial charge is 0.454 e. The van der Waals surface area contributed by atoms with E-state index < -0.39 is 24.4 Å². The molecule has 2 amide bonds. The van der Waals surface area contributed by atoms with E-state index in [0.717, 1.165) is 15.6 Å². The number of hydrogen-bond donors (Lipinski definition) is 2. The predicted molar refractivity (Wildman–Crippen MR) is 118 cm³/mol. The van der Waals surface area contributed by atoms with Crippen LogP contribution in [0.1, 0.15) is 10.4 Å². The maximum absolute atomic E-state index is 12.2. The van der Waals surface area contributed by atoms with E-state index in [1.807, 2.05) is 48.5 Å². The summed E-state index contributed by atoms with van der Waals surface area (Å²) in [7, 11) is 0. The number of amides is 2. The minimum Gasteiger partial charge on any atom is -0.454 e. The summed E-state index contributed by atoms with van der Waals surface area (Å²) in [5.74, 6) is -1.58. The van der Waals surface area contributed by atoms with Gasteiger partial charge in [0.15, 0.2) is 6.61 Å². The Hall–Kier alpha value is -3.45. The number of hydrogen-bond acceptors (Lipinski definition) is 4. The van der Waals surface area contributed by atoms with Gasteiger partial charge in [0.25, 0.3) is 11.8 Å². The summed E-state index contributed by atoms with van der Waals surface area (Å²) in [5.41, 5.74) is 3.04. The smallest absolute Gasteiger partial charge is 0.325 e. The van der Waals surface area contributed by atoms with E-state index >= 15 is 0 Å². The first-order valence-corrected chi connectivity index (χ1v) is 9.96. The first-order valence-electron chi connectivity index (χ1n) is 9.16. The van der Waals surface area contributed by atoms with Gasteiger partial charge in [-0.1, -0.05) is 54.6 Å². The van der Waals surface area contributed by atoms with Crippen LogP contribution in [-0.2, 0) is 14.3 Å². The van der Waals surface area contributed by atoms with Crippen molar-refractivity contribution in [3.63, 3.8) is 0 Å². The molecule has 0 fully saturated rings. The summed E-state index contributed by atoms with van der Waals surface area (Å²) in [6.07, 6.45) is 0. The van der Waals surface area contributed by atoms with Crippen molar-refractivity contribution in [3.05, 3.63) is 88.9 Å². The molecule has 0 saturated heterocycles. The van der Waals surface area contributed by atoms with Gasteiger partial charge < -0.3 is 15.4 Å². The lowest BCUT2D eigenvalue weighted by Gasteiger charge is -2.09. The standard InChI is InChI=1S/C23H19BrN2O4/c24-19-8-4-5-9-20(19)26-21(27)15-30-22(28)14-25-23(29)18-12-10-17(11-13-18)16-6-2-1-3-7-16/h1-13H,14-15H2,(H,25,29)(H,26,27). The van der Waals surface area contributed by atoms with Gasteiger partial charge in [-0.25, -0.2) is 0 Å². The molecule has 30 heavy (non-hydrogen) atoms. The topological polar surface area (TPSA) is 84.5 Å². The molecule has 0 unspecified atom stereocenters. The van der Waals surface area contributed by atoms with Gasteiger partial charge in [0, 0.05) is 10.0 Å². The Morgan fingerprint density at radius 1 is 0.800 bits per heavy atom. The number of para-hydroxylation sites is 1. The Labute approximate surface area is 182 Å². The summed E-state index contributed by atoms with van der Waals surface area (Å²) in [6.45, 7) is -0.774. The van der Waals surface area contributed by atoms with E-state index in [-0.39, 0.29) is 6.54 Å². The highest BCUT2D eigenvalue weighted by Crippen LogP contribution is 2.21. The average molecular weight is 467 g/mol. The summed E-state index contributed by atoms with van der Waals surface area (Å²) >= 11 is 3.32. The van der Waals surface area contributed by atoms with Crippen LogP contribution < -0.4 is 10.6 Å². The Morgan fingerprint density at radius 3 is 2.13 bits per heavy atom. The highest BCUT2D eigenvalue weighted by molar-refractivity contribution is 9.10. The Kier molecular flexibility index (Phi) is 7.34. The number of anilines is 1. The van der Waals surface area contributed by atoms with Crippen molar-refractivity contribution in [2.24, 2.45) is 0 Å². The van der Waals surface area contributed by atoms with Gasteiger partial charge in [-0.2, -0.15) is 0 Å². The van der Waals surface area contributed by atoms with Gasteiger partial charge in [-0.3, -0.25) is 14.4 Å². The molecule has 6 nitrogen and oxygen atoms in total. The second kappa shape index (κ2) is 10.4. The molecule has 3 rings (SSSR count). The molecule has 0 saturated carbocycles. The molecule has 0 heterocycles. The molecule has 0 aromatic heterocycles. The van der Waals surface area contributed by atoms with Crippen molar-refractivity contribution in [2.45, 2.75) is 0 Å². The number of rotatable bonds is 7. The van der Waals surface area contributed by atoms with Crippen LogP contribution >= 0.6 is 15.9 Å². The average Bonchev–Trinajstić information content (AvgIpc) is 2.78. The number of esters is 1. The van der Waals surface area contributed by atoms with Crippen LogP contribution in [0.3, 0.4) is 0 Å². The van der Waals surface area contributed by atoms with Gasteiger partial charge in [0.2, 0.25) is 0 Å². The molecule has 3 aromatic rings. The molecule has 2 N–H and O–H groups in total. The minimum absolute atomic E-state index is 0.332. The lowest BCUT2D eigenvalue weighted by molar-refractivity contribution is -0.146. The van der Waals surface area contributed by atoms with E-state index in [9.17, 15) is 14.4 Å². The second-order valence-electron chi connectivity index (χ2n) is 6.31. The van der Waals surface area contributed by atoms with Crippen LogP contribution in [0.2, 0.25) is 0 Å². The number of benzene rings is 3. The lowest BCUT2D eigenvalue weighted by atomic mass is 10.0. The maximum Gasteiger partial charge on any atom is 0.325 e. The van der Waals surface area contributed by atoms with Gasteiger partial charge in [0.05, 0.1) is 5.69 Å². The third-order valence-corrected chi connectivity index (χ3v) is 4.85. The van der Waals surface area contributed by atoms with Crippen molar-refractivity contribution in [2.75, 3.05) is 18.5 Å². The van der Waals surface area contributed by atoms with Gasteiger partial charge in [-0.15, -0.1) is 0 Å². The summed E-state index contributed by atoms with van der Waals surface area (Å²) in [6, 6.07) is 23.9. The number of halogens is 1. The van der Waals surface area contributed by atoms with E-state index in [4.69, 9.17) is 4.74 Å². The van der Waals surface area contributed by atoms with Crippen LogP contribution in [0.5, 0.6) is 0 Å². The summed E-state index contributed by atoms with van der Waals surface area (Å²) in [5, 5.41) is 5.11. The molecular weight excluding hydrogens is 448 g/mol. The van der Waals surface area contributed by atoms with Crippen LogP contribution in [0, 0.1) is 0 Å². The maximum atomic E-state index is 12.2. The fourth-order valence-electron chi connectivity index (χ4n) is 2.65. The SMILES string of the molecule is O=C(COC(=O)CNC(=O)c1ccc(-c2ccccc2)cc1)Nc1ccccc1Br. The summed E-state index contributed by atoms with van der Waals surface area (Å²) < 4.78 is 5.62. The van der Waals surface area contributed by atoms with E-state index in [1.165, 1.54) is 0 Å². The molecule has 3 aromatic carbocycles. The predicted octanol–water partition coefficient (Wildman–Crippen LogP) is 4.03. The van der Waals surface area contributed by atoms with Crippen LogP contribution in [0.25, 0.3) is 11.1 Å². The van der Waals surface area contributed by atoms with Crippen LogP contribution in [-0.4, -0.2) is 30.9 Å². The van der Waals surface area contributed by atoms with Gasteiger partial charge in [0.1, 0.15) is 6.54 Å². The highest BCUT2D eigenvalue weighted by atomic mass is 79.9. The molecule has 0 radical (unpaired) electrons. The van der Waals surface area contributed by atoms with E-state index in [0.29, 0.717) is 11.3 Å². The molecule has 7 heteroatoms. The highest BCUT2D eigenvalue weighted by Gasteiger charge is 2.12. The molecule has 0 atom stereocenters. The quantitative estimate of drug-likeness (QED) is 0.514. The molecule has 152 valence electrons. The molecule has 0 bridgehead atoms. The molecule has 0 spiro atoms. The molecular formula is C23H19BrN2O4. The zero-order valence-corrected chi connectivity index (χ0v) is 17.5. The van der Waals surface area contributed by atoms with Crippen LogP contribution in [0.15, 0.2) is 83.3 Å². The fraction of sp³-hybridized carbons (Fsp3) is 0.0870. The minimum atomic E-state index is -0.702. The van der Waals surface area contributed by atoms with E-state index in [2.05, 4.69) is 26.6 Å². The van der Waals surface area contributed by atoms with Crippen molar-refractivity contribution < 1.29 is 19.1 Å². The first-order chi connectivity index (χ1) is 14.5. The number of carbonyl (C=O) groups excluding carboxylic acids is 3. The zero-order valence-electron chi connectivity index (χ0n) is 15.9. The van der Waals surface area contributed by atoms with Gasteiger partial charge in [-0.05, 0) is 51.3 Å². The summed E-state index contributed by atoms with van der Waals surface area (Å²) in [4.78, 5) is 35.9. The van der Waals surface area contributed by atoms with Crippen molar-refractivity contribution in [1.82, 2.24) is 5.32 Å². The monoisotopic (exact) mass is 466 g/mol. The number of nitrogens with one attached hydrogen (secondary N) is 2. The first kappa shape index (κ1) is 21.3. The number of ether oxygens (including phenoxy) is 1. The van der Waals surface area contributed by atoms with Crippen molar-refractivity contribution >= 4 is 39.4 Å². The Bertz CT molecular complexity index is 1040. The fourth-order valence-corrected chi connectivity index (χ4v) is 3.03. The van der Waals surface area contributed by atoms with Crippen LogP contribution in [0.4, 0.5) is 5.69 Å². The Morgan fingerprint density at radius 2 is 1.43 bits per heavy atom. The third kappa shape index (κ3) is 6.02. The number of carbonyl (C=O) groups is 3. The molecule has 0 aliphatic heterocycles. The second-order valence-corrected chi connectivity index (χ2v) is 7.17. The normalized spacial score (nSPS) is 10.2. The molecule has 0 aliphatic rings. The lowest BCUT2D eigenvalue weighted by Crippen LogP contribution is -2.32. The van der Waals surface area contributed by atoms with Crippen molar-refractivity contribution in [3.8, 4) is 11.1 Å². The van der Waals surface area contributed by atoms with Gasteiger partial charge >= 0.3 is 5.97 Å². The Balaban J connectivity index is 1.43. The van der Waals surface area contributed by atoms with E-state index in [1.54, 1.807) is 30.3 Å². The zero-order chi connectivity index (χ0) is 21.3. The molecule has 0 aliphatic carbocycles. The third-order valence-electron chi connectivity index (χ3n) is 4.16.